The second-order valence-electron chi connectivity index (χ2n) is 8.70. The van der Waals surface area contributed by atoms with Gasteiger partial charge in [0.25, 0.3) is 5.91 Å². The molecule has 2 aliphatic rings. The number of rotatable bonds is 4. The van der Waals surface area contributed by atoms with E-state index in [0.29, 0.717) is 42.3 Å². The molecule has 3 aromatic rings. The third kappa shape index (κ3) is 4.66. The molecule has 0 saturated carbocycles. The summed E-state index contributed by atoms with van der Waals surface area (Å²) in [6.45, 7) is 1.94. The van der Waals surface area contributed by atoms with Crippen molar-refractivity contribution in [3.8, 4) is 0 Å². The first-order valence-corrected chi connectivity index (χ1v) is 13.4. The number of aryl methyl sites for hydroxylation is 1. The number of fused-ring (bicyclic) bond motifs is 1. The lowest BCUT2D eigenvalue weighted by Crippen LogP contribution is -2.49. The zero-order valence-corrected chi connectivity index (χ0v) is 20.6. The van der Waals surface area contributed by atoms with Crippen LogP contribution >= 0.6 is 11.6 Å². The summed E-state index contributed by atoms with van der Waals surface area (Å²) in [5.74, 6) is -0.446. The van der Waals surface area contributed by atoms with Gasteiger partial charge in [-0.3, -0.25) is 4.79 Å². The van der Waals surface area contributed by atoms with Crippen LogP contribution in [0.15, 0.2) is 71.6 Å². The zero-order chi connectivity index (χ0) is 24.6. The van der Waals surface area contributed by atoms with Crippen LogP contribution < -0.4 is 9.80 Å². The molecule has 6 nitrogen and oxygen atoms in total. The first kappa shape index (κ1) is 23.8. The maximum Gasteiger partial charge on any atom is 0.258 e. The standard InChI is InChI=1S/C26H25ClFN3O3S/c27-21-9-7-19(8-10-21)26(32)31-13-3-4-20-18-22(11-12-24(20)31)35(33,34)30-16-14-29(15-17-30)25-6-2-1-5-23(25)28/h1-2,5-12,18H,3-4,13-17H2. The predicted molar refractivity (Wildman–Crippen MR) is 135 cm³/mol. The summed E-state index contributed by atoms with van der Waals surface area (Å²) >= 11 is 5.95. The number of carbonyl (C=O) groups excluding carboxylic acids is 1. The lowest BCUT2D eigenvalue weighted by Gasteiger charge is -2.36. The van der Waals surface area contributed by atoms with Crippen LogP contribution in [-0.4, -0.2) is 51.4 Å². The van der Waals surface area contributed by atoms with Gasteiger partial charge in [0, 0.05) is 49.0 Å². The minimum absolute atomic E-state index is 0.137. The smallest absolute Gasteiger partial charge is 0.258 e. The molecule has 182 valence electrons. The summed E-state index contributed by atoms with van der Waals surface area (Å²) in [5, 5.41) is 0.560. The maximum absolute atomic E-state index is 14.1. The molecule has 9 heteroatoms. The van der Waals surface area contributed by atoms with E-state index in [1.165, 1.54) is 10.4 Å². The average Bonchev–Trinajstić information content (AvgIpc) is 2.88. The lowest BCUT2D eigenvalue weighted by molar-refractivity contribution is 0.0985. The van der Waals surface area contributed by atoms with Crippen molar-refractivity contribution in [1.29, 1.82) is 0 Å². The van der Waals surface area contributed by atoms with Gasteiger partial charge in [0.1, 0.15) is 5.82 Å². The molecule has 35 heavy (non-hydrogen) atoms. The second-order valence-corrected chi connectivity index (χ2v) is 11.1. The number of halogens is 2. The Labute approximate surface area is 209 Å². The Morgan fingerprint density at radius 3 is 2.29 bits per heavy atom. The molecule has 0 radical (unpaired) electrons. The van der Waals surface area contributed by atoms with Gasteiger partial charge in [-0.25, -0.2) is 12.8 Å². The van der Waals surface area contributed by atoms with Crippen LogP contribution in [0.25, 0.3) is 0 Å². The molecule has 3 aromatic carbocycles. The summed E-state index contributed by atoms with van der Waals surface area (Å²) in [6.07, 6.45) is 1.45. The van der Waals surface area contributed by atoms with Crippen LogP contribution in [0, 0.1) is 5.82 Å². The Kier molecular flexibility index (Phi) is 6.53. The fourth-order valence-corrected chi connectivity index (χ4v) is 6.32. The average molecular weight is 514 g/mol. The quantitative estimate of drug-likeness (QED) is 0.512. The van der Waals surface area contributed by atoms with E-state index in [0.717, 1.165) is 17.7 Å². The molecule has 5 rings (SSSR count). The molecule has 0 aliphatic carbocycles. The van der Waals surface area contributed by atoms with Crippen LogP contribution in [0.4, 0.5) is 15.8 Å². The maximum atomic E-state index is 14.1. The Bertz CT molecular complexity index is 1360. The van der Waals surface area contributed by atoms with Gasteiger partial charge in [-0.15, -0.1) is 0 Å². The van der Waals surface area contributed by atoms with Crippen molar-refractivity contribution in [2.24, 2.45) is 0 Å². The van der Waals surface area contributed by atoms with Crippen molar-refractivity contribution >= 4 is 38.9 Å². The Balaban J connectivity index is 1.34. The van der Waals surface area contributed by atoms with Gasteiger partial charge in [-0.05, 0) is 73.0 Å². The molecule has 0 N–H and O–H groups in total. The van der Waals surface area contributed by atoms with Crippen molar-refractivity contribution in [3.05, 3.63) is 88.7 Å². The second kappa shape index (κ2) is 9.60. The number of anilines is 2. The number of para-hydroxylation sites is 1. The van der Waals surface area contributed by atoms with Crippen LogP contribution in [-0.2, 0) is 16.4 Å². The summed E-state index contributed by atoms with van der Waals surface area (Å²) in [4.78, 5) is 16.9. The highest BCUT2D eigenvalue weighted by Crippen LogP contribution is 2.32. The monoisotopic (exact) mass is 513 g/mol. The van der Waals surface area contributed by atoms with Gasteiger partial charge in [0.2, 0.25) is 10.0 Å². The van der Waals surface area contributed by atoms with E-state index in [4.69, 9.17) is 11.6 Å². The molecular formula is C26H25ClFN3O3S. The summed E-state index contributed by atoms with van der Waals surface area (Å²) in [6, 6.07) is 18.3. The van der Waals surface area contributed by atoms with Crippen molar-refractivity contribution in [2.45, 2.75) is 17.7 Å². The first-order chi connectivity index (χ1) is 16.8. The molecule has 0 spiro atoms. The highest BCUT2D eigenvalue weighted by atomic mass is 35.5. The number of benzene rings is 3. The van der Waals surface area contributed by atoms with Gasteiger partial charge in [0.05, 0.1) is 10.6 Å². The van der Waals surface area contributed by atoms with Crippen LogP contribution in [0.1, 0.15) is 22.3 Å². The topological polar surface area (TPSA) is 60.9 Å². The summed E-state index contributed by atoms with van der Waals surface area (Å²) < 4.78 is 42.4. The summed E-state index contributed by atoms with van der Waals surface area (Å²) in [7, 11) is -3.71. The highest BCUT2D eigenvalue weighted by Gasteiger charge is 2.31. The van der Waals surface area contributed by atoms with Gasteiger partial charge < -0.3 is 9.80 Å². The number of nitrogens with zero attached hydrogens (tertiary/aromatic N) is 3. The van der Waals surface area contributed by atoms with E-state index >= 15 is 0 Å². The number of hydrogen-bond acceptors (Lipinski definition) is 4. The SMILES string of the molecule is O=C(c1ccc(Cl)cc1)N1CCCc2cc(S(=O)(=O)N3CCN(c4ccccc4F)CC3)ccc21. The van der Waals surface area contributed by atoms with Crippen molar-refractivity contribution < 1.29 is 17.6 Å². The van der Waals surface area contributed by atoms with Crippen molar-refractivity contribution in [3.63, 3.8) is 0 Å². The molecule has 0 bridgehead atoms. The van der Waals surface area contributed by atoms with Gasteiger partial charge >= 0.3 is 0 Å². The molecule has 1 fully saturated rings. The number of amides is 1. The molecule has 1 saturated heterocycles. The van der Waals surface area contributed by atoms with Crippen LogP contribution in [0.5, 0.6) is 0 Å². The fourth-order valence-electron chi connectivity index (χ4n) is 4.72. The number of piperazine rings is 1. The van der Waals surface area contributed by atoms with Gasteiger partial charge in [-0.2, -0.15) is 4.31 Å². The number of carbonyl (C=O) groups is 1. The normalized spacial score (nSPS) is 16.7. The van der Waals surface area contributed by atoms with Gasteiger partial charge in [-0.1, -0.05) is 23.7 Å². The lowest BCUT2D eigenvalue weighted by atomic mass is 10.0. The third-order valence-corrected chi connectivity index (χ3v) is 8.72. The van der Waals surface area contributed by atoms with Crippen LogP contribution in [0.3, 0.4) is 0 Å². The molecule has 1 amide bonds. The molecule has 2 heterocycles. The summed E-state index contributed by atoms with van der Waals surface area (Å²) in [5.41, 5.74) is 2.60. The minimum Gasteiger partial charge on any atom is -0.367 e. The molecule has 2 aliphatic heterocycles. The van der Waals surface area contributed by atoms with Crippen molar-refractivity contribution in [1.82, 2.24) is 4.31 Å². The molecule has 0 aromatic heterocycles. The van der Waals surface area contributed by atoms with E-state index in [1.54, 1.807) is 65.6 Å². The Hall–Kier alpha value is -2.94. The van der Waals surface area contributed by atoms with E-state index in [2.05, 4.69) is 0 Å². The van der Waals surface area contributed by atoms with Crippen molar-refractivity contribution in [2.75, 3.05) is 42.5 Å². The number of hydrogen-bond donors (Lipinski definition) is 0. The van der Waals surface area contributed by atoms with E-state index in [1.807, 2.05) is 4.90 Å². The largest absolute Gasteiger partial charge is 0.367 e. The number of sulfonamides is 1. The predicted octanol–water partition coefficient (Wildman–Crippen LogP) is 4.58. The fraction of sp³-hybridized carbons (Fsp3) is 0.269. The van der Waals surface area contributed by atoms with E-state index < -0.39 is 10.0 Å². The highest BCUT2D eigenvalue weighted by molar-refractivity contribution is 7.89. The van der Waals surface area contributed by atoms with E-state index in [9.17, 15) is 17.6 Å². The first-order valence-electron chi connectivity index (χ1n) is 11.5. The Morgan fingerprint density at radius 1 is 0.857 bits per heavy atom. The third-order valence-electron chi connectivity index (χ3n) is 6.58. The minimum atomic E-state index is -3.71. The molecule has 0 atom stereocenters. The Morgan fingerprint density at radius 2 is 1.57 bits per heavy atom. The molecular weight excluding hydrogens is 489 g/mol. The zero-order valence-electron chi connectivity index (χ0n) is 19.0. The van der Waals surface area contributed by atoms with Crippen LogP contribution in [0.2, 0.25) is 5.02 Å². The van der Waals surface area contributed by atoms with Gasteiger partial charge in [0.15, 0.2) is 0 Å². The van der Waals surface area contributed by atoms with E-state index in [-0.39, 0.29) is 29.7 Å². The molecule has 0 unspecified atom stereocenters.